The van der Waals surface area contributed by atoms with Gasteiger partial charge in [-0.25, -0.2) is 14.0 Å². The summed E-state index contributed by atoms with van der Waals surface area (Å²) in [4.78, 5) is 47.7. The van der Waals surface area contributed by atoms with E-state index >= 15 is 0 Å². The van der Waals surface area contributed by atoms with Crippen LogP contribution in [-0.2, 0) is 25.6 Å². The Morgan fingerprint density at radius 2 is 1.54 bits per heavy atom. The average Bonchev–Trinajstić information content (AvgIpc) is 2.71. The number of amides is 2. The first-order valence-electron chi connectivity index (χ1n) is 8.00. The maximum Gasteiger partial charge on any atom is 0.339 e. The third kappa shape index (κ3) is 5.13. The maximum atomic E-state index is 12.9. The molecule has 0 saturated heterocycles. The molecule has 0 aliphatic rings. The van der Waals surface area contributed by atoms with Gasteiger partial charge >= 0.3 is 23.8 Å². The minimum absolute atomic E-state index is 0.00140. The Morgan fingerprint density at radius 3 is 2.14 bits per heavy atom. The molecular weight excluding hydrogens is 371 g/mol. The summed E-state index contributed by atoms with van der Waals surface area (Å²) in [5, 5.41) is 4.64. The lowest BCUT2D eigenvalue weighted by atomic mass is 10.1. The molecule has 0 spiro atoms. The zero-order valence-corrected chi connectivity index (χ0v) is 15.1. The molecule has 2 aromatic carbocycles. The molecule has 2 rings (SSSR count). The second-order valence-electron chi connectivity index (χ2n) is 5.51. The van der Waals surface area contributed by atoms with E-state index in [4.69, 9.17) is 0 Å². The summed E-state index contributed by atoms with van der Waals surface area (Å²) < 4.78 is 22.1. The number of ether oxygens (including phenoxy) is 2. The highest BCUT2D eigenvalue weighted by Crippen LogP contribution is 2.19. The zero-order valence-electron chi connectivity index (χ0n) is 15.1. The van der Waals surface area contributed by atoms with Crippen LogP contribution in [-0.4, -0.2) is 38.0 Å². The molecule has 0 atom stereocenters. The van der Waals surface area contributed by atoms with Crippen molar-refractivity contribution in [1.29, 1.82) is 0 Å². The largest absolute Gasteiger partial charge is 0.465 e. The fourth-order valence-electron chi connectivity index (χ4n) is 2.22. The van der Waals surface area contributed by atoms with Gasteiger partial charge in [-0.15, -0.1) is 0 Å². The molecule has 0 aliphatic heterocycles. The summed E-state index contributed by atoms with van der Waals surface area (Å²) in [5.74, 6) is -3.92. The van der Waals surface area contributed by atoms with E-state index in [1.807, 2.05) is 0 Å². The number of hydrogen-bond acceptors (Lipinski definition) is 6. The highest BCUT2D eigenvalue weighted by molar-refractivity contribution is 6.40. The van der Waals surface area contributed by atoms with E-state index in [0.717, 1.165) is 7.11 Å². The van der Waals surface area contributed by atoms with Crippen molar-refractivity contribution in [3.63, 3.8) is 0 Å². The lowest BCUT2D eigenvalue weighted by molar-refractivity contribution is -0.136. The van der Waals surface area contributed by atoms with Crippen molar-refractivity contribution in [2.45, 2.75) is 6.54 Å². The molecular formula is C19H17FN2O6. The summed E-state index contributed by atoms with van der Waals surface area (Å²) in [6, 6.07) is 9.16. The molecule has 0 aliphatic carbocycles. The van der Waals surface area contributed by atoms with Gasteiger partial charge in [-0.2, -0.15) is 0 Å². The number of carbonyl (C=O) groups is 4. The predicted octanol–water partition coefficient (Wildman–Crippen LogP) is 1.65. The first-order valence-corrected chi connectivity index (χ1v) is 8.00. The van der Waals surface area contributed by atoms with Crippen LogP contribution < -0.4 is 10.6 Å². The number of carbonyl (C=O) groups excluding carboxylic acids is 4. The third-order valence-electron chi connectivity index (χ3n) is 3.67. The molecule has 2 N–H and O–H groups in total. The topological polar surface area (TPSA) is 111 Å². The van der Waals surface area contributed by atoms with E-state index in [1.54, 1.807) is 0 Å². The Hall–Kier alpha value is -3.75. The minimum atomic E-state index is -1.06. The Bertz CT molecular complexity index is 911. The second-order valence-corrected chi connectivity index (χ2v) is 5.51. The summed E-state index contributed by atoms with van der Waals surface area (Å²) in [6.07, 6.45) is 0. The molecule has 9 heteroatoms. The number of hydrogen-bond donors (Lipinski definition) is 2. The van der Waals surface area contributed by atoms with Gasteiger partial charge in [0.1, 0.15) is 5.82 Å². The van der Waals surface area contributed by atoms with Gasteiger partial charge in [-0.3, -0.25) is 9.59 Å². The first kappa shape index (κ1) is 20.6. The van der Waals surface area contributed by atoms with Crippen molar-refractivity contribution in [2.75, 3.05) is 19.5 Å². The molecule has 8 nitrogen and oxygen atoms in total. The number of methoxy groups -OCH3 is 2. The van der Waals surface area contributed by atoms with Crippen LogP contribution in [0.25, 0.3) is 0 Å². The lowest BCUT2D eigenvalue weighted by Crippen LogP contribution is -2.35. The highest BCUT2D eigenvalue weighted by Gasteiger charge is 2.20. The fourth-order valence-corrected chi connectivity index (χ4v) is 2.22. The molecule has 0 bridgehead atoms. The van der Waals surface area contributed by atoms with Crippen LogP contribution in [0.3, 0.4) is 0 Å². The predicted molar refractivity (Wildman–Crippen MR) is 96.0 cm³/mol. The molecule has 0 unspecified atom stereocenters. The fraction of sp³-hybridized carbons (Fsp3) is 0.158. The van der Waals surface area contributed by atoms with Crippen molar-refractivity contribution >= 4 is 29.4 Å². The van der Waals surface area contributed by atoms with Crippen molar-refractivity contribution < 1.29 is 33.0 Å². The van der Waals surface area contributed by atoms with Crippen molar-refractivity contribution in [2.24, 2.45) is 0 Å². The summed E-state index contributed by atoms with van der Waals surface area (Å²) in [7, 11) is 2.33. The summed E-state index contributed by atoms with van der Waals surface area (Å²) in [6.45, 7) is -0.00140. The van der Waals surface area contributed by atoms with E-state index in [-0.39, 0.29) is 23.4 Å². The molecule has 2 aromatic rings. The van der Waals surface area contributed by atoms with Crippen LogP contribution in [0.15, 0.2) is 42.5 Å². The summed E-state index contributed by atoms with van der Waals surface area (Å²) >= 11 is 0. The lowest BCUT2D eigenvalue weighted by Gasteiger charge is -2.11. The van der Waals surface area contributed by atoms with Gasteiger partial charge in [-0.05, 0) is 35.9 Å². The summed E-state index contributed by atoms with van der Waals surface area (Å²) in [5.41, 5.74) is 0.522. The molecule has 146 valence electrons. The minimum Gasteiger partial charge on any atom is -0.465 e. The third-order valence-corrected chi connectivity index (χ3v) is 3.67. The monoisotopic (exact) mass is 388 g/mol. The number of nitrogens with one attached hydrogen (secondary N) is 2. The van der Waals surface area contributed by atoms with Crippen LogP contribution in [0.2, 0.25) is 0 Å². The van der Waals surface area contributed by atoms with Gasteiger partial charge in [0.25, 0.3) is 0 Å². The van der Waals surface area contributed by atoms with Gasteiger partial charge < -0.3 is 20.1 Å². The quantitative estimate of drug-likeness (QED) is 0.595. The van der Waals surface area contributed by atoms with Crippen LogP contribution >= 0.6 is 0 Å². The standard InChI is InChI=1S/C19H17FN2O6/c1-27-18(25)12-5-8-14(19(26)28-2)15(9-12)22-17(24)16(23)21-10-11-3-6-13(20)7-4-11/h3-9H,10H2,1-2H3,(H,21,23)(H,22,24). The second kappa shape index (κ2) is 9.26. The van der Waals surface area contributed by atoms with Gasteiger partial charge in [0.15, 0.2) is 0 Å². The number of benzene rings is 2. The average molecular weight is 388 g/mol. The van der Waals surface area contributed by atoms with E-state index in [0.29, 0.717) is 5.56 Å². The smallest absolute Gasteiger partial charge is 0.339 e. The van der Waals surface area contributed by atoms with Crippen LogP contribution in [0.1, 0.15) is 26.3 Å². The van der Waals surface area contributed by atoms with Crippen molar-refractivity contribution in [1.82, 2.24) is 5.32 Å². The van der Waals surface area contributed by atoms with Crippen molar-refractivity contribution in [3.05, 3.63) is 65.0 Å². The molecule has 2 amide bonds. The van der Waals surface area contributed by atoms with Crippen molar-refractivity contribution in [3.8, 4) is 0 Å². The number of esters is 2. The van der Waals surface area contributed by atoms with E-state index in [9.17, 15) is 23.6 Å². The van der Waals surface area contributed by atoms with Crippen LogP contribution in [0.5, 0.6) is 0 Å². The van der Waals surface area contributed by atoms with Crippen LogP contribution in [0.4, 0.5) is 10.1 Å². The normalized spacial score (nSPS) is 9.96. The zero-order chi connectivity index (χ0) is 20.7. The Morgan fingerprint density at radius 1 is 0.893 bits per heavy atom. The maximum absolute atomic E-state index is 12.9. The van der Waals surface area contributed by atoms with Gasteiger partial charge in [0.05, 0.1) is 31.0 Å². The Labute approximate surface area is 159 Å². The molecule has 0 aromatic heterocycles. The van der Waals surface area contributed by atoms with E-state index < -0.39 is 29.6 Å². The number of rotatable bonds is 5. The van der Waals surface area contributed by atoms with E-state index in [1.165, 1.54) is 49.6 Å². The van der Waals surface area contributed by atoms with Crippen LogP contribution in [0, 0.1) is 5.82 Å². The van der Waals surface area contributed by atoms with Gasteiger partial charge in [0, 0.05) is 6.54 Å². The Balaban J connectivity index is 2.13. The Kier molecular flexibility index (Phi) is 6.80. The number of anilines is 1. The first-order chi connectivity index (χ1) is 13.3. The SMILES string of the molecule is COC(=O)c1ccc(C(=O)OC)c(NC(=O)C(=O)NCc2ccc(F)cc2)c1. The number of halogens is 1. The van der Waals surface area contributed by atoms with Gasteiger partial charge in [-0.1, -0.05) is 12.1 Å². The van der Waals surface area contributed by atoms with Gasteiger partial charge in [0.2, 0.25) is 0 Å². The molecule has 0 fully saturated rings. The van der Waals surface area contributed by atoms with E-state index in [2.05, 4.69) is 20.1 Å². The molecule has 0 heterocycles. The highest BCUT2D eigenvalue weighted by atomic mass is 19.1. The molecule has 0 saturated carbocycles. The molecule has 0 radical (unpaired) electrons. The molecule has 28 heavy (non-hydrogen) atoms.